The number of hydrogen-bond acceptors (Lipinski definition) is 9. The molecule has 1 radical (unpaired) electrons. The summed E-state index contributed by atoms with van der Waals surface area (Å²) in [6.45, 7) is 0. The molecule has 0 heterocycles. The zero-order valence-corrected chi connectivity index (χ0v) is 7.91. The monoisotopic (exact) mass is 378 g/mol. The third kappa shape index (κ3) is 223. The third-order valence-corrected chi connectivity index (χ3v) is 0. The second kappa shape index (κ2) is 16.7. The second-order valence-electron chi connectivity index (χ2n) is 0.671. The van der Waals surface area contributed by atoms with Crippen LogP contribution in [0.5, 0.6) is 0 Å². The van der Waals surface area contributed by atoms with E-state index in [0.29, 0.717) is 0 Å². The summed E-state index contributed by atoms with van der Waals surface area (Å²) in [5.41, 5.74) is 0. The third-order valence-electron chi connectivity index (χ3n) is 0. The molecule has 13 heavy (non-hydrogen) atoms. The zero-order chi connectivity index (χ0) is 10.7. The quantitative estimate of drug-likeness (QED) is 0.386. The fraction of sp³-hybridized carbons (Fsp3) is 0. The molecule has 0 bridgehead atoms. The minimum atomic E-state index is -1.75. The van der Waals surface area contributed by atoms with Gasteiger partial charge in [-0.05, 0) is 0 Å². The maximum absolute atomic E-state index is 8.25. The number of hydrogen-bond donors (Lipinski definition) is 0. The van der Waals surface area contributed by atoms with Gasteiger partial charge in [-0.3, -0.25) is 0 Å². The van der Waals surface area contributed by atoms with E-state index in [0.717, 1.165) is 0 Å². The van der Waals surface area contributed by atoms with Crippen molar-refractivity contribution in [3.05, 3.63) is 46.0 Å². The molecular formula is N3O9Os. The first kappa shape index (κ1) is 22.5. The normalized spacial score (nSPS) is 5.54. The fourth-order valence-electron chi connectivity index (χ4n) is 0. The van der Waals surface area contributed by atoms with E-state index in [-0.39, 0.29) is 19.8 Å². The summed E-state index contributed by atoms with van der Waals surface area (Å²) in [7, 11) is 0. The Bertz CT molecular complexity index is 112. The molecule has 13 heteroatoms. The Hall–Kier alpha value is -1.76. The Labute approximate surface area is 81.8 Å². The van der Waals surface area contributed by atoms with Crippen LogP contribution in [0.4, 0.5) is 0 Å². The Morgan fingerprint density at radius 1 is 0.538 bits per heavy atom. The van der Waals surface area contributed by atoms with Gasteiger partial charge >= 0.3 is 19.8 Å². The predicted molar refractivity (Wildman–Crippen MR) is 31.1 cm³/mol. The molecule has 0 aliphatic carbocycles. The first-order valence-electron chi connectivity index (χ1n) is 1.64. The van der Waals surface area contributed by atoms with Gasteiger partial charge in [-0.1, -0.05) is 0 Å². The van der Waals surface area contributed by atoms with Crippen LogP contribution >= 0.6 is 0 Å². The molecule has 0 atom stereocenters. The van der Waals surface area contributed by atoms with Crippen LogP contribution in [0.1, 0.15) is 0 Å². The summed E-state index contributed by atoms with van der Waals surface area (Å²) in [6, 6.07) is 0. The molecule has 0 aliphatic rings. The van der Waals surface area contributed by atoms with Crippen molar-refractivity contribution in [3.63, 3.8) is 0 Å². The molecule has 0 aliphatic heterocycles. The van der Waals surface area contributed by atoms with Gasteiger partial charge in [0.2, 0.25) is 0 Å². The van der Waals surface area contributed by atoms with Crippen LogP contribution in [0.15, 0.2) is 0 Å². The summed E-state index contributed by atoms with van der Waals surface area (Å²) in [4.78, 5) is 24.8. The average molecular weight is 376 g/mol. The second-order valence-corrected chi connectivity index (χ2v) is 0.671. The molecule has 0 saturated carbocycles. The van der Waals surface area contributed by atoms with Crippen LogP contribution in [0, 0.1) is 46.0 Å². The largest absolute Gasteiger partial charge is 3.00 e. The minimum absolute atomic E-state index is 0. The molecule has 0 unspecified atom stereocenters. The maximum atomic E-state index is 8.25. The fourth-order valence-corrected chi connectivity index (χ4v) is 0. The predicted octanol–water partition coefficient (Wildman–Crippen LogP) is -0.720. The van der Waals surface area contributed by atoms with Crippen molar-refractivity contribution in [1.82, 2.24) is 0 Å². The van der Waals surface area contributed by atoms with Gasteiger partial charge < -0.3 is 46.0 Å². The Morgan fingerprint density at radius 3 is 0.538 bits per heavy atom. The topological polar surface area (TPSA) is 199 Å². The first-order valence-corrected chi connectivity index (χ1v) is 1.64. The molecule has 0 aromatic carbocycles. The van der Waals surface area contributed by atoms with Crippen LogP contribution < -0.4 is 0 Å². The molecule has 0 aromatic rings. The van der Waals surface area contributed by atoms with Crippen molar-refractivity contribution in [2.24, 2.45) is 0 Å². The SMILES string of the molecule is O=[N+]([O-])[O-].O=[N+]([O-])[O-].O=[N+]([O-])[O-].[Os+3]. The standard InChI is InChI=1S/3NO3.Os/c3*2-1(3)4;/q3*-1;+3. The van der Waals surface area contributed by atoms with Gasteiger partial charge in [-0.2, -0.15) is 0 Å². The van der Waals surface area contributed by atoms with E-state index in [1.807, 2.05) is 0 Å². The molecule has 77 valence electrons. The molecule has 0 N–H and O–H groups in total. The summed E-state index contributed by atoms with van der Waals surface area (Å²) in [5.74, 6) is 0. The van der Waals surface area contributed by atoms with Crippen molar-refractivity contribution in [1.29, 1.82) is 0 Å². The van der Waals surface area contributed by atoms with Crippen LogP contribution in [-0.4, -0.2) is 15.3 Å². The van der Waals surface area contributed by atoms with E-state index in [4.69, 9.17) is 46.0 Å². The number of nitrogens with zero attached hydrogens (tertiary/aromatic N) is 3. The summed E-state index contributed by atoms with van der Waals surface area (Å²) < 4.78 is 0. The molecule has 12 nitrogen and oxygen atoms in total. The van der Waals surface area contributed by atoms with E-state index in [1.54, 1.807) is 0 Å². The van der Waals surface area contributed by atoms with E-state index in [1.165, 1.54) is 0 Å². The van der Waals surface area contributed by atoms with E-state index < -0.39 is 15.3 Å². The van der Waals surface area contributed by atoms with E-state index in [9.17, 15) is 0 Å². The van der Waals surface area contributed by atoms with Crippen molar-refractivity contribution in [2.45, 2.75) is 0 Å². The Balaban J connectivity index is -0.0000000450. The van der Waals surface area contributed by atoms with Crippen LogP contribution in [0.2, 0.25) is 0 Å². The first-order chi connectivity index (χ1) is 5.20. The van der Waals surface area contributed by atoms with Crippen LogP contribution in [-0.2, 0) is 19.8 Å². The van der Waals surface area contributed by atoms with Crippen molar-refractivity contribution >= 4 is 0 Å². The average Bonchev–Trinajstić information content (AvgIpc) is 1.54. The summed E-state index contributed by atoms with van der Waals surface area (Å²) in [5, 5.41) is 44.2. The van der Waals surface area contributed by atoms with Crippen LogP contribution in [0.25, 0.3) is 0 Å². The van der Waals surface area contributed by atoms with Gasteiger partial charge in [0.25, 0.3) is 0 Å². The zero-order valence-electron chi connectivity index (χ0n) is 5.37. The van der Waals surface area contributed by atoms with Gasteiger partial charge in [0, 0.05) is 0 Å². The Morgan fingerprint density at radius 2 is 0.538 bits per heavy atom. The molecular weight excluding hydrogens is 376 g/mol. The number of rotatable bonds is 0. The van der Waals surface area contributed by atoms with Crippen molar-refractivity contribution in [2.75, 3.05) is 0 Å². The minimum Gasteiger partial charge on any atom is -0.356 e. The summed E-state index contributed by atoms with van der Waals surface area (Å²) in [6.07, 6.45) is 0. The smallest absolute Gasteiger partial charge is 0.356 e. The van der Waals surface area contributed by atoms with Crippen LogP contribution in [0.3, 0.4) is 0 Å². The molecule has 0 spiro atoms. The van der Waals surface area contributed by atoms with Crippen molar-refractivity contribution in [3.8, 4) is 0 Å². The summed E-state index contributed by atoms with van der Waals surface area (Å²) >= 11 is 0. The molecule has 0 fully saturated rings. The van der Waals surface area contributed by atoms with Gasteiger partial charge in [-0.25, -0.2) is 0 Å². The Kier molecular flexibility index (Phi) is 28.8. The molecule has 0 rings (SSSR count). The van der Waals surface area contributed by atoms with E-state index >= 15 is 0 Å². The molecule has 0 aromatic heterocycles. The van der Waals surface area contributed by atoms with Crippen molar-refractivity contribution < 1.29 is 35.1 Å². The maximum Gasteiger partial charge on any atom is 3.00 e. The van der Waals surface area contributed by atoms with Gasteiger partial charge in [0.15, 0.2) is 0 Å². The molecule has 0 amide bonds. The van der Waals surface area contributed by atoms with Gasteiger partial charge in [0.05, 0.1) is 15.3 Å². The van der Waals surface area contributed by atoms with Gasteiger partial charge in [0.1, 0.15) is 0 Å². The molecule has 0 saturated heterocycles. The van der Waals surface area contributed by atoms with Gasteiger partial charge in [-0.15, -0.1) is 0 Å². The van der Waals surface area contributed by atoms with E-state index in [2.05, 4.69) is 0 Å².